The summed E-state index contributed by atoms with van der Waals surface area (Å²) in [5.41, 5.74) is 0.366. The third kappa shape index (κ3) is 6.32. The number of rotatable bonds is 9. The van der Waals surface area contributed by atoms with Gasteiger partial charge in [0.15, 0.2) is 5.82 Å². The van der Waals surface area contributed by atoms with E-state index in [0.29, 0.717) is 42.4 Å². The van der Waals surface area contributed by atoms with Crippen molar-refractivity contribution in [2.75, 3.05) is 18.0 Å². The monoisotopic (exact) mass is 507 g/mol. The Morgan fingerprint density at radius 2 is 1.78 bits per heavy atom. The quantitative estimate of drug-likeness (QED) is 0.340. The highest BCUT2D eigenvalue weighted by Gasteiger charge is 2.29. The van der Waals surface area contributed by atoms with Crippen LogP contribution in [0.3, 0.4) is 0 Å². The molecular weight excluding hydrogens is 474 g/mol. The standard InChI is InChI=1S/C26H33F4N5O/c1-4-6-19(7-5-2)32-20-8-10-35(11-9-20)24-21(25-31-16(3)34-36-25)14-18-12-17(15-26(28,29)30)13-22(27)23(18)33-24/h12-14,19-20,32H,4-11,15H2,1-3H3. The molecule has 4 rings (SSSR count). The van der Waals surface area contributed by atoms with Crippen LogP contribution in [0.4, 0.5) is 23.4 Å². The van der Waals surface area contributed by atoms with Crippen molar-refractivity contribution in [1.82, 2.24) is 20.4 Å². The van der Waals surface area contributed by atoms with Crippen LogP contribution in [0.15, 0.2) is 22.7 Å². The molecule has 0 radical (unpaired) electrons. The van der Waals surface area contributed by atoms with E-state index in [1.165, 1.54) is 6.07 Å². The highest BCUT2D eigenvalue weighted by atomic mass is 19.4. The first-order chi connectivity index (χ1) is 17.2. The van der Waals surface area contributed by atoms with Gasteiger partial charge in [0, 0.05) is 30.6 Å². The van der Waals surface area contributed by atoms with Gasteiger partial charge in [-0.2, -0.15) is 18.2 Å². The molecule has 1 N–H and O–H groups in total. The number of pyridine rings is 1. The van der Waals surface area contributed by atoms with Gasteiger partial charge in [0.1, 0.15) is 17.2 Å². The number of nitrogens with zero attached hydrogens (tertiary/aromatic N) is 4. The number of hydrogen-bond acceptors (Lipinski definition) is 6. The third-order valence-corrected chi connectivity index (χ3v) is 6.61. The second-order valence-corrected chi connectivity index (χ2v) is 9.65. The van der Waals surface area contributed by atoms with Gasteiger partial charge < -0.3 is 14.7 Å². The lowest BCUT2D eigenvalue weighted by molar-refractivity contribution is -0.127. The normalized spacial score (nSPS) is 15.4. The molecule has 0 bridgehead atoms. The van der Waals surface area contributed by atoms with Gasteiger partial charge in [-0.15, -0.1) is 0 Å². The predicted molar refractivity (Wildman–Crippen MR) is 131 cm³/mol. The second kappa shape index (κ2) is 11.1. The zero-order valence-electron chi connectivity index (χ0n) is 21.0. The highest BCUT2D eigenvalue weighted by Crippen LogP contribution is 2.35. The number of fused-ring (bicyclic) bond motifs is 1. The maximum atomic E-state index is 14.9. The second-order valence-electron chi connectivity index (χ2n) is 9.65. The first kappa shape index (κ1) is 26.3. The van der Waals surface area contributed by atoms with E-state index in [1.807, 2.05) is 0 Å². The average Bonchev–Trinajstić information content (AvgIpc) is 3.24. The number of nitrogens with one attached hydrogen (secondary N) is 1. The Balaban J connectivity index is 1.64. The molecule has 0 amide bonds. The van der Waals surface area contributed by atoms with E-state index in [2.05, 4.69) is 39.2 Å². The summed E-state index contributed by atoms with van der Waals surface area (Å²) in [6.45, 7) is 7.49. The van der Waals surface area contributed by atoms with Gasteiger partial charge >= 0.3 is 6.18 Å². The van der Waals surface area contributed by atoms with E-state index < -0.39 is 18.4 Å². The van der Waals surface area contributed by atoms with Crippen LogP contribution in [0.25, 0.3) is 22.4 Å². The van der Waals surface area contributed by atoms with E-state index in [1.54, 1.807) is 13.0 Å². The van der Waals surface area contributed by atoms with Crippen LogP contribution < -0.4 is 10.2 Å². The van der Waals surface area contributed by atoms with Crippen molar-refractivity contribution < 1.29 is 22.1 Å². The van der Waals surface area contributed by atoms with Crippen LogP contribution in [-0.2, 0) is 6.42 Å². The number of benzene rings is 1. The number of halogens is 4. The van der Waals surface area contributed by atoms with Crippen molar-refractivity contribution in [3.63, 3.8) is 0 Å². The smallest absolute Gasteiger partial charge is 0.356 e. The van der Waals surface area contributed by atoms with Crippen molar-refractivity contribution in [1.29, 1.82) is 0 Å². The van der Waals surface area contributed by atoms with Gasteiger partial charge in [0.2, 0.25) is 0 Å². The Morgan fingerprint density at radius 1 is 1.08 bits per heavy atom. The van der Waals surface area contributed by atoms with E-state index in [-0.39, 0.29) is 22.4 Å². The van der Waals surface area contributed by atoms with Crippen molar-refractivity contribution in [2.24, 2.45) is 0 Å². The molecular formula is C26H33F4N5O. The molecule has 36 heavy (non-hydrogen) atoms. The van der Waals surface area contributed by atoms with Crippen molar-refractivity contribution in [3.05, 3.63) is 35.4 Å². The van der Waals surface area contributed by atoms with Crippen LogP contribution >= 0.6 is 0 Å². The molecule has 1 aliphatic rings. The summed E-state index contributed by atoms with van der Waals surface area (Å²) in [5.74, 6) is 0.365. The first-order valence-corrected chi connectivity index (χ1v) is 12.7. The fourth-order valence-electron chi connectivity index (χ4n) is 5.03. The molecule has 0 unspecified atom stereocenters. The summed E-state index contributed by atoms with van der Waals surface area (Å²) < 4.78 is 59.2. The van der Waals surface area contributed by atoms with Gasteiger partial charge in [0.05, 0.1) is 12.0 Å². The van der Waals surface area contributed by atoms with Gasteiger partial charge in [-0.05, 0) is 56.4 Å². The largest absolute Gasteiger partial charge is 0.393 e. The molecule has 3 aromatic rings. The van der Waals surface area contributed by atoms with Crippen molar-refractivity contribution >= 4 is 16.7 Å². The van der Waals surface area contributed by atoms with Crippen LogP contribution in [0.2, 0.25) is 0 Å². The van der Waals surface area contributed by atoms with Crippen molar-refractivity contribution in [2.45, 2.75) is 84.0 Å². The maximum absolute atomic E-state index is 14.9. The Kier molecular flexibility index (Phi) is 8.12. The summed E-state index contributed by atoms with van der Waals surface area (Å²) in [5, 5.41) is 7.93. The SMILES string of the molecule is CCCC(CCC)NC1CCN(c2nc3c(F)cc(CC(F)(F)F)cc3cc2-c2nc(C)no2)CC1. The summed E-state index contributed by atoms with van der Waals surface area (Å²) >= 11 is 0. The Labute approximate surface area is 208 Å². The molecule has 1 aliphatic heterocycles. The minimum absolute atomic E-state index is 0.0297. The van der Waals surface area contributed by atoms with Crippen LogP contribution in [-0.4, -0.2) is 46.5 Å². The molecule has 0 aliphatic carbocycles. The third-order valence-electron chi connectivity index (χ3n) is 6.61. The number of piperidine rings is 1. The van der Waals surface area contributed by atoms with Crippen LogP contribution in [0, 0.1) is 12.7 Å². The zero-order chi connectivity index (χ0) is 25.9. The van der Waals surface area contributed by atoms with Crippen molar-refractivity contribution in [3.8, 4) is 11.5 Å². The summed E-state index contributed by atoms with van der Waals surface area (Å²) in [6, 6.07) is 4.75. The molecule has 6 nitrogen and oxygen atoms in total. The van der Waals surface area contributed by atoms with E-state index >= 15 is 0 Å². The summed E-state index contributed by atoms with van der Waals surface area (Å²) in [6.07, 6.45) is 0.728. The van der Waals surface area contributed by atoms with E-state index in [9.17, 15) is 17.6 Å². The maximum Gasteiger partial charge on any atom is 0.393 e. The minimum atomic E-state index is -4.44. The molecule has 196 valence electrons. The van der Waals surface area contributed by atoms with E-state index in [0.717, 1.165) is 44.6 Å². The van der Waals surface area contributed by atoms with Gasteiger partial charge in [-0.3, -0.25) is 0 Å². The van der Waals surface area contributed by atoms with Gasteiger partial charge in [-0.1, -0.05) is 31.8 Å². The number of aromatic nitrogens is 3. The molecule has 0 spiro atoms. The van der Waals surface area contributed by atoms with Crippen LogP contribution in [0.5, 0.6) is 0 Å². The Hall–Kier alpha value is -2.75. The van der Waals surface area contributed by atoms with Gasteiger partial charge in [-0.25, -0.2) is 9.37 Å². The molecule has 1 aromatic carbocycles. The minimum Gasteiger partial charge on any atom is -0.356 e. The lowest BCUT2D eigenvalue weighted by atomic mass is 9.99. The number of alkyl halides is 3. The molecule has 2 aromatic heterocycles. The molecule has 0 saturated carbocycles. The lowest BCUT2D eigenvalue weighted by Gasteiger charge is -2.36. The molecule has 10 heteroatoms. The highest BCUT2D eigenvalue weighted by molar-refractivity contribution is 5.88. The van der Waals surface area contributed by atoms with Crippen LogP contribution in [0.1, 0.15) is 63.8 Å². The first-order valence-electron chi connectivity index (χ1n) is 12.7. The molecule has 1 fully saturated rings. The van der Waals surface area contributed by atoms with E-state index in [4.69, 9.17) is 4.52 Å². The Bertz CT molecular complexity index is 1170. The summed E-state index contributed by atoms with van der Waals surface area (Å²) in [7, 11) is 0. The fourth-order valence-corrected chi connectivity index (χ4v) is 5.03. The molecule has 3 heterocycles. The lowest BCUT2D eigenvalue weighted by Crippen LogP contribution is -2.46. The fraction of sp³-hybridized carbons (Fsp3) is 0.577. The summed E-state index contributed by atoms with van der Waals surface area (Å²) in [4.78, 5) is 11.0. The average molecular weight is 508 g/mol. The van der Waals surface area contributed by atoms with Gasteiger partial charge in [0.25, 0.3) is 5.89 Å². The Morgan fingerprint density at radius 3 is 2.36 bits per heavy atom. The molecule has 0 atom stereocenters. The topological polar surface area (TPSA) is 67.1 Å². The molecule has 1 saturated heterocycles. The number of hydrogen-bond donors (Lipinski definition) is 1. The zero-order valence-corrected chi connectivity index (χ0v) is 21.0. The number of anilines is 1. The predicted octanol–water partition coefficient (Wildman–Crippen LogP) is 6.36. The number of aryl methyl sites for hydroxylation is 1.